The van der Waals surface area contributed by atoms with Crippen LogP contribution in [0.15, 0.2) is 12.3 Å². The molecule has 1 aliphatic heterocycles. The van der Waals surface area contributed by atoms with Crippen LogP contribution in [0.2, 0.25) is 0 Å². The molecule has 0 atom stereocenters. The first-order chi connectivity index (χ1) is 4.75. The van der Waals surface area contributed by atoms with E-state index in [0.29, 0.717) is 6.42 Å². The molecule has 56 valence electrons. The molecule has 1 fully saturated rings. The van der Waals surface area contributed by atoms with Crippen molar-refractivity contribution in [3.05, 3.63) is 12.3 Å². The maximum atomic E-state index is 11.0. The molecule has 0 spiro atoms. The highest BCUT2D eigenvalue weighted by Gasteiger charge is 2.22. The predicted octanol–water partition coefficient (Wildman–Crippen LogP) is 1.53. The SMILES string of the molecule is C=C1CCC(=O)N1CCC. The van der Waals surface area contributed by atoms with Crippen molar-refractivity contribution in [1.82, 2.24) is 4.90 Å². The monoisotopic (exact) mass is 139 g/mol. The molecule has 10 heavy (non-hydrogen) atoms. The van der Waals surface area contributed by atoms with Crippen LogP contribution in [0.1, 0.15) is 26.2 Å². The molecule has 0 aromatic rings. The van der Waals surface area contributed by atoms with Crippen molar-refractivity contribution in [3.8, 4) is 0 Å². The van der Waals surface area contributed by atoms with E-state index < -0.39 is 0 Å². The van der Waals surface area contributed by atoms with Gasteiger partial charge in [0.05, 0.1) is 0 Å². The fourth-order valence-electron chi connectivity index (χ4n) is 1.20. The topological polar surface area (TPSA) is 20.3 Å². The number of carbonyl (C=O) groups excluding carboxylic acids is 1. The van der Waals surface area contributed by atoms with Gasteiger partial charge < -0.3 is 4.90 Å². The molecule has 0 aromatic heterocycles. The normalized spacial score (nSPS) is 18.7. The lowest BCUT2D eigenvalue weighted by Crippen LogP contribution is -2.23. The number of allylic oxidation sites excluding steroid dienone is 1. The Labute approximate surface area is 61.5 Å². The van der Waals surface area contributed by atoms with Crippen molar-refractivity contribution >= 4 is 5.91 Å². The van der Waals surface area contributed by atoms with Crippen LogP contribution in [-0.2, 0) is 4.79 Å². The van der Waals surface area contributed by atoms with Gasteiger partial charge in [-0.1, -0.05) is 13.5 Å². The van der Waals surface area contributed by atoms with Crippen LogP contribution >= 0.6 is 0 Å². The molecule has 1 amide bonds. The van der Waals surface area contributed by atoms with Gasteiger partial charge in [-0.15, -0.1) is 0 Å². The molecule has 1 heterocycles. The highest BCUT2D eigenvalue weighted by atomic mass is 16.2. The standard InChI is InChI=1S/C8H13NO/c1-3-6-9-7(2)4-5-8(9)10/h2-6H2,1H3. The van der Waals surface area contributed by atoms with Crippen LogP contribution in [0.25, 0.3) is 0 Å². The van der Waals surface area contributed by atoms with Crippen LogP contribution < -0.4 is 0 Å². The third kappa shape index (κ3) is 1.20. The molecule has 1 saturated heterocycles. The van der Waals surface area contributed by atoms with Gasteiger partial charge in [-0.3, -0.25) is 4.79 Å². The zero-order valence-electron chi connectivity index (χ0n) is 6.39. The number of nitrogens with zero attached hydrogens (tertiary/aromatic N) is 1. The fourth-order valence-corrected chi connectivity index (χ4v) is 1.20. The third-order valence-corrected chi connectivity index (χ3v) is 1.76. The van der Waals surface area contributed by atoms with Crippen molar-refractivity contribution in [2.24, 2.45) is 0 Å². The molecular formula is C8H13NO. The lowest BCUT2D eigenvalue weighted by Gasteiger charge is -2.14. The summed E-state index contributed by atoms with van der Waals surface area (Å²) in [5, 5.41) is 0. The van der Waals surface area contributed by atoms with Crippen LogP contribution in [0.3, 0.4) is 0 Å². The van der Waals surface area contributed by atoms with Gasteiger partial charge in [0.2, 0.25) is 5.91 Å². The summed E-state index contributed by atoms with van der Waals surface area (Å²) < 4.78 is 0. The highest BCUT2D eigenvalue weighted by molar-refractivity contribution is 5.81. The Morgan fingerprint density at radius 2 is 2.30 bits per heavy atom. The maximum absolute atomic E-state index is 11.0. The first kappa shape index (κ1) is 7.32. The Balaban J connectivity index is 2.54. The number of amides is 1. The zero-order chi connectivity index (χ0) is 7.56. The quantitative estimate of drug-likeness (QED) is 0.568. The zero-order valence-corrected chi connectivity index (χ0v) is 6.39. The second kappa shape index (κ2) is 2.86. The van der Waals surface area contributed by atoms with E-state index in [1.807, 2.05) is 0 Å². The van der Waals surface area contributed by atoms with Gasteiger partial charge in [0.25, 0.3) is 0 Å². The summed E-state index contributed by atoms with van der Waals surface area (Å²) in [7, 11) is 0. The molecule has 1 rings (SSSR count). The average Bonchev–Trinajstić information content (AvgIpc) is 2.20. The summed E-state index contributed by atoms with van der Waals surface area (Å²) in [6, 6.07) is 0. The lowest BCUT2D eigenvalue weighted by atomic mass is 10.3. The van der Waals surface area contributed by atoms with Gasteiger partial charge in [0, 0.05) is 18.7 Å². The van der Waals surface area contributed by atoms with E-state index in [2.05, 4.69) is 13.5 Å². The van der Waals surface area contributed by atoms with Gasteiger partial charge in [-0.25, -0.2) is 0 Å². The number of hydrogen-bond acceptors (Lipinski definition) is 1. The number of rotatable bonds is 2. The van der Waals surface area contributed by atoms with Crippen molar-refractivity contribution in [3.63, 3.8) is 0 Å². The minimum Gasteiger partial charge on any atom is -0.317 e. The van der Waals surface area contributed by atoms with E-state index in [-0.39, 0.29) is 5.91 Å². The van der Waals surface area contributed by atoms with Gasteiger partial charge in [0.15, 0.2) is 0 Å². The van der Waals surface area contributed by atoms with E-state index in [9.17, 15) is 4.79 Å². The molecule has 0 N–H and O–H groups in total. The van der Waals surface area contributed by atoms with E-state index in [1.54, 1.807) is 4.90 Å². The van der Waals surface area contributed by atoms with E-state index >= 15 is 0 Å². The molecule has 2 nitrogen and oxygen atoms in total. The Morgan fingerprint density at radius 1 is 1.60 bits per heavy atom. The van der Waals surface area contributed by atoms with Crippen molar-refractivity contribution in [1.29, 1.82) is 0 Å². The average molecular weight is 139 g/mol. The number of carbonyl (C=O) groups is 1. The summed E-state index contributed by atoms with van der Waals surface area (Å²) in [5.74, 6) is 0.242. The van der Waals surface area contributed by atoms with Crippen LogP contribution in [0.4, 0.5) is 0 Å². The van der Waals surface area contributed by atoms with Crippen molar-refractivity contribution in [2.45, 2.75) is 26.2 Å². The van der Waals surface area contributed by atoms with Gasteiger partial charge in [0.1, 0.15) is 0 Å². The summed E-state index contributed by atoms with van der Waals surface area (Å²) in [6.07, 6.45) is 2.54. The first-order valence-electron chi connectivity index (χ1n) is 3.74. The molecule has 1 aliphatic rings. The molecule has 0 saturated carbocycles. The largest absolute Gasteiger partial charge is 0.317 e. The second-order valence-electron chi connectivity index (χ2n) is 2.61. The summed E-state index contributed by atoms with van der Waals surface area (Å²) in [5.41, 5.74) is 0.992. The van der Waals surface area contributed by atoms with Crippen molar-refractivity contribution in [2.75, 3.05) is 6.54 Å². The van der Waals surface area contributed by atoms with Crippen LogP contribution in [0, 0.1) is 0 Å². The predicted molar refractivity (Wildman–Crippen MR) is 40.4 cm³/mol. The Hall–Kier alpha value is -0.790. The molecule has 2 heteroatoms. The maximum Gasteiger partial charge on any atom is 0.227 e. The summed E-state index contributed by atoms with van der Waals surface area (Å²) in [6.45, 7) is 6.72. The molecule has 0 aliphatic carbocycles. The van der Waals surface area contributed by atoms with Gasteiger partial charge >= 0.3 is 0 Å². The third-order valence-electron chi connectivity index (χ3n) is 1.76. The van der Waals surface area contributed by atoms with Gasteiger partial charge in [-0.2, -0.15) is 0 Å². The van der Waals surface area contributed by atoms with Crippen LogP contribution in [-0.4, -0.2) is 17.4 Å². The summed E-state index contributed by atoms with van der Waals surface area (Å²) in [4.78, 5) is 12.8. The molecule has 0 aromatic carbocycles. The smallest absolute Gasteiger partial charge is 0.227 e. The number of likely N-dealkylation sites (tertiary alicyclic amines) is 1. The minimum absolute atomic E-state index is 0.242. The second-order valence-corrected chi connectivity index (χ2v) is 2.61. The van der Waals surface area contributed by atoms with Crippen LogP contribution in [0.5, 0.6) is 0 Å². The Bertz CT molecular complexity index is 147. The van der Waals surface area contributed by atoms with E-state index in [4.69, 9.17) is 0 Å². The molecule has 0 unspecified atom stereocenters. The minimum atomic E-state index is 0.242. The van der Waals surface area contributed by atoms with Crippen molar-refractivity contribution < 1.29 is 4.79 Å². The van der Waals surface area contributed by atoms with E-state index in [1.165, 1.54) is 0 Å². The molecular weight excluding hydrogens is 126 g/mol. The molecule has 0 bridgehead atoms. The fraction of sp³-hybridized carbons (Fsp3) is 0.625. The molecule has 0 radical (unpaired) electrons. The highest BCUT2D eigenvalue weighted by Crippen LogP contribution is 2.19. The van der Waals surface area contributed by atoms with Gasteiger partial charge in [-0.05, 0) is 12.8 Å². The lowest BCUT2D eigenvalue weighted by molar-refractivity contribution is -0.126. The Morgan fingerprint density at radius 3 is 2.70 bits per heavy atom. The van der Waals surface area contributed by atoms with E-state index in [0.717, 1.165) is 25.1 Å². The first-order valence-corrected chi connectivity index (χ1v) is 3.74. The summed E-state index contributed by atoms with van der Waals surface area (Å²) >= 11 is 0. The number of hydrogen-bond donors (Lipinski definition) is 0. The Kier molecular flexibility index (Phi) is 2.10.